The lowest BCUT2D eigenvalue weighted by molar-refractivity contribution is -0.247. The molecule has 0 aromatic carbocycles. The molecule has 1 aliphatic carbocycles. The molecule has 1 saturated carbocycles. The summed E-state index contributed by atoms with van der Waals surface area (Å²) >= 11 is 0. The Balaban J connectivity index is 1.66. The molecule has 24 heavy (non-hydrogen) atoms. The third-order valence-electron chi connectivity index (χ3n) is 5.67. The zero-order chi connectivity index (χ0) is 16.6. The van der Waals surface area contributed by atoms with Crippen LogP contribution >= 0.6 is 0 Å². The van der Waals surface area contributed by atoms with Gasteiger partial charge in [-0.05, 0) is 19.8 Å². The summed E-state index contributed by atoms with van der Waals surface area (Å²) < 4.78 is 40.1. The molecule has 2 saturated heterocycles. The molecule has 7 nitrogen and oxygen atoms in total. The van der Waals surface area contributed by atoms with E-state index in [0.717, 1.165) is 25.7 Å². The summed E-state index contributed by atoms with van der Waals surface area (Å²) in [4.78, 5) is 15.4. The molecule has 3 fully saturated rings. The second-order valence-corrected chi connectivity index (χ2v) is 7.31. The first kappa shape index (κ1) is 14.8. The standard InChI is InChI=1S/C16H19FN2O5/c1-14-11(22-16(24-14)5-2-3-6-16)15(8-17)9-21-13-18-10(20)4-7-19(13)12(14)23-15/h4,7,11-12H,2-3,5-6,8-9H2,1H3/t11-,12?,14+,15+/m0/s1. The molecule has 3 aliphatic heterocycles. The van der Waals surface area contributed by atoms with Gasteiger partial charge in [0.2, 0.25) is 0 Å². The molecule has 1 aromatic rings. The van der Waals surface area contributed by atoms with Gasteiger partial charge < -0.3 is 18.9 Å². The minimum Gasteiger partial charge on any atom is -0.461 e. The highest BCUT2D eigenvalue weighted by Gasteiger charge is 2.73. The van der Waals surface area contributed by atoms with E-state index in [4.69, 9.17) is 18.9 Å². The summed E-state index contributed by atoms with van der Waals surface area (Å²) in [6.45, 7) is 1.05. The van der Waals surface area contributed by atoms with E-state index in [1.165, 1.54) is 6.07 Å². The number of halogens is 1. The highest BCUT2D eigenvalue weighted by Crippen LogP contribution is 2.59. The van der Waals surface area contributed by atoms with Crippen molar-refractivity contribution in [3.63, 3.8) is 0 Å². The molecule has 8 heteroatoms. The van der Waals surface area contributed by atoms with Crippen molar-refractivity contribution in [3.8, 4) is 6.01 Å². The van der Waals surface area contributed by atoms with Gasteiger partial charge in [-0.2, -0.15) is 4.98 Å². The van der Waals surface area contributed by atoms with Crippen molar-refractivity contribution in [1.29, 1.82) is 0 Å². The summed E-state index contributed by atoms with van der Waals surface area (Å²) in [5, 5.41) is 0. The lowest BCUT2D eigenvalue weighted by Gasteiger charge is -2.32. The van der Waals surface area contributed by atoms with Crippen molar-refractivity contribution in [1.82, 2.24) is 9.55 Å². The van der Waals surface area contributed by atoms with E-state index in [1.807, 2.05) is 6.92 Å². The van der Waals surface area contributed by atoms with Crippen LogP contribution in [0.2, 0.25) is 0 Å². The fraction of sp³-hybridized carbons (Fsp3) is 0.750. The lowest BCUT2D eigenvalue weighted by atomic mass is 9.88. The topological polar surface area (TPSA) is 71.8 Å². The van der Waals surface area contributed by atoms with Gasteiger partial charge >= 0.3 is 6.01 Å². The van der Waals surface area contributed by atoms with E-state index in [2.05, 4.69) is 4.98 Å². The molecule has 1 aromatic heterocycles. The normalized spacial score (nSPS) is 41.8. The van der Waals surface area contributed by atoms with Gasteiger partial charge in [-0.3, -0.25) is 9.36 Å². The Morgan fingerprint density at radius 1 is 1.38 bits per heavy atom. The van der Waals surface area contributed by atoms with Gasteiger partial charge in [0.1, 0.15) is 25.0 Å². The molecule has 0 amide bonds. The van der Waals surface area contributed by atoms with Gasteiger partial charge in [-0.25, -0.2) is 4.39 Å². The third-order valence-corrected chi connectivity index (χ3v) is 5.67. The van der Waals surface area contributed by atoms with Crippen LogP contribution in [-0.4, -0.2) is 45.9 Å². The highest BCUT2D eigenvalue weighted by molar-refractivity contribution is 5.19. The van der Waals surface area contributed by atoms with Crippen molar-refractivity contribution in [2.24, 2.45) is 0 Å². The van der Waals surface area contributed by atoms with Crippen LogP contribution < -0.4 is 10.3 Å². The van der Waals surface area contributed by atoms with Crippen LogP contribution in [0.25, 0.3) is 0 Å². The second kappa shape index (κ2) is 4.56. The molecule has 4 heterocycles. The van der Waals surface area contributed by atoms with Gasteiger partial charge in [0.25, 0.3) is 5.56 Å². The summed E-state index contributed by atoms with van der Waals surface area (Å²) in [6.07, 6.45) is 3.96. The van der Waals surface area contributed by atoms with Crippen LogP contribution in [0.1, 0.15) is 38.8 Å². The largest absolute Gasteiger partial charge is 0.461 e. The van der Waals surface area contributed by atoms with E-state index >= 15 is 0 Å². The van der Waals surface area contributed by atoms with Crippen LogP contribution in [0.3, 0.4) is 0 Å². The maximum absolute atomic E-state index is 14.1. The van der Waals surface area contributed by atoms with Crippen molar-refractivity contribution in [3.05, 3.63) is 22.6 Å². The molecule has 4 aliphatic rings. The van der Waals surface area contributed by atoms with E-state index < -0.39 is 41.6 Å². The number of hydrogen-bond donors (Lipinski definition) is 0. The Bertz CT molecular complexity index is 748. The van der Waals surface area contributed by atoms with Crippen LogP contribution in [0.5, 0.6) is 6.01 Å². The van der Waals surface area contributed by atoms with Gasteiger partial charge in [0.15, 0.2) is 17.6 Å². The number of fused-ring (bicyclic) bond motifs is 7. The molecule has 1 spiro atoms. The van der Waals surface area contributed by atoms with Gasteiger partial charge in [0, 0.05) is 25.1 Å². The Morgan fingerprint density at radius 3 is 2.92 bits per heavy atom. The van der Waals surface area contributed by atoms with Gasteiger partial charge in [-0.1, -0.05) is 0 Å². The zero-order valence-electron chi connectivity index (χ0n) is 13.4. The van der Waals surface area contributed by atoms with Crippen molar-refractivity contribution in [2.45, 2.75) is 61.9 Å². The van der Waals surface area contributed by atoms with Crippen LogP contribution in [0, 0.1) is 0 Å². The summed E-state index contributed by atoms with van der Waals surface area (Å²) in [7, 11) is 0. The molecular formula is C16H19FN2O5. The van der Waals surface area contributed by atoms with Crippen molar-refractivity contribution < 1.29 is 23.3 Å². The predicted octanol–water partition coefficient (Wildman–Crippen LogP) is 1.32. The van der Waals surface area contributed by atoms with E-state index in [0.29, 0.717) is 0 Å². The molecule has 4 atom stereocenters. The maximum atomic E-state index is 14.1. The quantitative estimate of drug-likeness (QED) is 0.769. The second-order valence-electron chi connectivity index (χ2n) is 7.31. The van der Waals surface area contributed by atoms with Gasteiger partial charge in [0.05, 0.1) is 0 Å². The number of ether oxygens (including phenoxy) is 4. The molecule has 1 unspecified atom stereocenters. The summed E-state index contributed by atoms with van der Waals surface area (Å²) in [6, 6.07) is 1.45. The Labute approximate surface area is 137 Å². The SMILES string of the molecule is C[C@@]12OC3(CCCC3)O[C@@H]1[C@@]1(CF)COc3nc(=O)ccn3C2O1. The zero-order valence-corrected chi connectivity index (χ0v) is 13.4. The van der Waals surface area contributed by atoms with Crippen molar-refractivity contribution in [2.75, 3.05) is 13.3 Å². The van der Waals surface area contributed by atoms with E-state index in [-0.39, 0.29) is 12.6 Å². The molecule has 130 valence electrons. The minimum absolute atomic E-state index is 0.0733. The summed E-state index contributed by atoms with van der Waals surface area (Å²) in [5.74, 6) is -0.668. The molecule has 2 bridgehead atoms. The summed E-state index contributed by atoms with van der Waals surface area (Å²) in [5.41, 5.74) is -2.54. The fourth-order valence-electron chi connectivity index (χ4n) is 4.61. The highest BCUT2D eigenvalue weighted by atomic mass is 19.1. The first-order chi connectivity index (χ1) is 11.5. The number of aromatic nitrogens is 2. The van der Waals surface area contributed by atoms with Crippen molar-refractivity contribution >= 4 is 0 Å². The predicted molar refractivity (Wildman–Crippen MR) is 78.4 cm³/mol. The lowest BCUT2D eigenvalue weighted by Crippen LogP contribution is -2.53. The third kappa shape index (κ3) is 1.71. The smallest absolute Gasteiger partial charge is 0.302 e. The minimum atomic E-state index is -1.26. The molecule has 0 N–H and O–H groups in total. The van der Waals surface area contributed by atoms with Crippen LogP contribution in [0.15, 0.2) is 17.1 Å². The van der Waals surface area contributed by atoms with E-state index in [9.17, 15) is 9.18 Å². The van der Waals surface area contributed by atoms with E-state index in [1.54, 1.807) is 10.8 Å². The Hall–Kier alpha value is -1.51. The van der Waals surface area contributed by atoms with Gasteiger partial charge in [-0.15, -0.1) is 0 Å². The Kier molecular flexibility index (Phi) is 2.81. The maximum Gasteiger partial charge on any atom is 0.302 e. The molecular weight excluding hydrogens is 319 g/mol. The van der Waals surface area contributed by atoms with Crippen LogP contribution in [0.4, 0.5) is 4.39 Å². The average molecular weight is 338 g/mol. The first-order valence-electron chi connectivity index (χ1n) is 8.34. The number of alkyl halides is 1. The average Bonchev–Trinajstić information content (AvgIpc) is 3.15. The molecule has 0 radical (unpaired) electrons. The number of hydrogen-bond acceptors (Lipinski definition) is 6. The molecule has 5 rings (SSSR count). The number of rotatable bonds is 1. The fourth-order valence-corrected chi connectivity index (χ4v) is 4.61. The number of nitrogens with zero attached hydrogens (tertiary/aromatic N) is 2. The first-order valence-corrected chi connectivity index (χ1v) is 8.34. The monoisotopic (exact) mass is 338 g/mol. The van der Waals surface area contributed by atoms with Crippen LogP contribution in [-0.2, 0) is 14.2 Å². The Morgan fingerprint density at radius 2 is 2.17 bits per heavy atom.